The van der Waals surface area contributed by atoms with E-state index in [0.29, 0.717) is 17.2 Å². The molecular formula is C9H8ClNO3. The third-order valence-electron chi connectivity index (χ3n) is 2.29. The zero-order valence-corrected chi connectivity index (χ0v) is 8.25. The van der Waals surface area contributed by atoms with Gasteiger partial charge in [0.1, 0.15) is 5.60 Å². The second-order valence-electron chi connectivity index (χ2n) is 3.41. The van der Waals surface area contributed by atoms with Gasteiger partial charge in [-0.05, 0) is 13.0 Å². The predicted molar refractivity (Wildman–Crippen MR) is 51.4 cm³/mol. The van der Waals surface area contributed by atoms with Crippen LogP contribution in [0.5, 0.6) is 0 Å². The molecule has 1 aliphatic heterocycles. The monoisotopic (exact) mass is 213 g/mol. The minimum Gasteiger partial charge on any atom is -0.364 e. The summed E-state index contributed by atoms with van der Waals surface area (Å²) in [5.74, 6) is 0. The summed E-state index contributed by atoms with van der Waals surface area (Å²) in [7, 11) is 0. The topological polar surface area (TPSA) is 55.7 Å². The van der Waals surface area contributed by atoms with Crippen molar-refractivity contribution in [1.82, 2.24) is 0 Å². The quantitative estimate of drug-likeness (QED) is 0.431. The molecule has 14 heavy (non-hydrogen) atoms. The van der Waals surface area contributed by atoms with E-state index >= 15 is 0 Å². The van der Waals surface area contributed by atoms with Crippen LogP contribution in [0.25, 0.3) is 0 Å². The Hall–Kier alpha value is -1.13. The van der Waals surface area contributed by atoms with E-state index in [1.807, 2.05) is 0 Å². The maximum absolute atomic E-state index is 10.7. The Balaban J connectivity index is 2.60. The molecule has 1 aromatic carbocycles. The Kier molecular flexibility index (Phi) is 1.97. The highest BCUT2D eigenvalue weighted by Gasteiger charge is 2.47. The number of hydrogen-bond acceptors (Lipinski definition) is 3. The van der Waals surface area contributed by atoms with Crippen LogP contribution < -0.4 is 0 Å². The number of benzene rings is 1. The molecule has 0 amide bonds. The lowest BCUT2D eigenvalue weighted by Gasteiger charge is -2.08. The van der Waals surface area contributed by atoms with Crippen LogP contribution in [-0.2, 0) is 10.3 Å². The lowest BCUT2D eigenvalue weighted by Crippen LogP contribution is -2.07. The van der Waals surface area contributed by atoms with Crippen LogP contribution in [0, 0.1) is 10.1 Å². The Labute approximate surface area is 85.6 Å². The molecule has 0 aromatic heterocycles. The summed E-state index contributed by atoms with van der Waals surface area (Å²) in [5.41, 5.74) is -0.0648. The highest BCUT2D eigenvalue weighted by atomic mass is 35.5. The van der Waals surface area contributed by atoms with Gasteiger partial charge in [-0.3, -0.25) is 10.1 Å². The van der Waals surface area contributed by atoms with Gasteiger partial charge in [-0.1, -0.05) is 17.7 Å². The standard InChI is InChI=1S/C9H8ClNO3/c1-9(5-14-9)8-6(10)3-2-4-7(8)11(12)13/h2-4H,5H2,1H3. The molecule has 0 aliphatic carbocycles. The van der Waals surface area contributed by atoms with E-state index in [0.717, 1.165) is 0 Å². The van der Waals surface area contributed by atoms with Gasteiger partial charge >= 0.3 is 0 Å². The summed E-state index contributed by atoms with van der Waals surface area (Å²) in [5, 5.41) is 11.1. The molecule has 0 spiro atoms. The zero-order valence-electron chi connectivity index (χ0n) is 7.49. The summed E-state index contributed by atoms with van der Waals surface area (Å²) in [6.07, 6.45) is 0. The molecule has 0 saturated carbocycles. The van der Waals surface area contributed by atoms with Crippen molar-refractivity contribution in [1.29, 1.82) is 0 Å². The van der Waals surface area contributed by atoms with Crippen LogP contribution in [0.15, 0.2) is 18.2 Å². The fourth-order valence-electron chi connectivity index (χ4n) is 1.44. The van der Waals surface area contributed by atoms with Crippen LogP contribution in [0.4, 0.5) is 5.69 Å². The van der Waals surface area contributed by atoms with Crippen molar-refractivity contribution in [3.8, 4) is 0 Å². The number of nitro groups is 1. The molecule has 1 aliphatic rings. The van der Waals surface area contributed by atoms with Gasteiger partial charge in [0.25, 0.3) is 5.69 Å². The molecular weight excluding hydrogens is 206 g/mol. The van der Waals surface area contributed by atoms with Crippen LogP contribution in [0.1, 0.15) is 12.5 Å². The van der Waals surface area contributed by atoms with Gasteiger partial charge < -0.3 is 4.74 Å². The highest BCUT2D eigenvalue weighted by molar-refractivity contribution is 6.31. The van der Waals surface area contributed by atoms with Gasteiger partial charge in [-0.25, -0.2) is 0 Å². The minimum atomic E-state index is -0.569. The average molecular weight is 214 g/mol. The van der Waals surface area contributed by atoms with Gasteiger partial charge in [0.2, 0.25) is 0 Å². The molecule has 5 heteroatoms. The van der Waals surface area contributed by atoms with E-state index in [9.17, 15) is 10.1 Å². The fourth-order valence-corrected chi connectivity index (χ4v) is 1.81. The molecule has 74 valence electrons. The third kappa shape index (κ3) is 1.36. The summed E-state index contributed by atoms with van der Waals surface area (Å²) in [6.45, 7) is 2.28. The summed E-state index contributed by atoms with van der Waals surface area (Å²) in [4.78, 5) is 10.3. The molecule has 1 atom stereocenters. The molecule has 1 saturated heterocycles. The van der Waals surface area contributed by atoms with Crippen LogP contribution in [0.3, 0.4) is 0 Å². The smallest absolute Gasteiger partial charge is 0.277 e. The Morgan fingerprint density at radius 3 is 2.79 bits per heavy atom. The van der Waals surface area contributed by atoms with Crippen molar-refractivity contribution in [2.75, 3.05) is 6.61 Å². The third-order valence-corrected chi connectivity index (χ3v) is 2.61. The molecule has 0 N–H and O–H groups in total. The van der Waals surface area contributed by atoms with Crippen molar-refractivity contribution in [3.63, 3.8) is 0 Å². The molecule has 4 nitrogen and oxygen atoms in total. The van der Waals surface area contributed by atoms with Gasteiger partial charge in [-0.15, -0.1) is 0 Å². The maximum atomic E-state index is 10.7. The molecule has 0 radical (unpaired) electrons. The average Bonchev–Trinajstić information content (AvgIpc) is 2.84. The van der Waals surface area contributed by atoms with Crippen molar-refractivity contribution in [2.45, 2.75) is 12.5 Å². The van der Waals surface area contributed by atoms with Gasteiger partial charge in [0.15, 0.2) is 0 Å². The minimum absolute atomic E-state index is 0.0255. The Bertz CT molecular complexity index is 401. The lowest BCUT2D eigenvalue weighted by atomic mass is 10.0. The number of nitrogens with zero attached hydrogens (tertiary/aromatic N) is 1. The summed E-state index contributed by atoms with van der Waals surface area (Å²) >= 11 is 5.91. The molecule has 1 heterocycles. The molecule has 1 fully saturated rings. The lowest BCUT2D eigenvalue weighted by molar-refractivity contribution is -0.386. The fraction of sp³-hybridized carbons (Fsp3) is 0.333. The largest absolute Gasteiger partial charge is 0.364 e. The first-order valence-electron chi connectivity index (χ1n) is 4.12. The molecule has 0 bridgehead atoms. The second-order valence-corrected chi connectivity index (χ2v) is 3.82. The molecule has 1 aromatic rings. The number of nitro benzene ring substituents is 1. The first-order valence-corrected chi connectivity index (χ1v) is 4.50. The normalized spacial score (nSPS) is 24.7. The van der Waals surface area contributed by atoms with Crippen molar-refractivity contribution in [2.24, 2.45) is 0 Å². The van der Waals surface area contributed by atoms with E-state index < -0.39 is 10.5 Å². The zero-order chi connectivity index (χ0) is 10.3. The van der Waals surface area contributed by atoms with Gasteiger partial charge in [0, 0.05) is 6.07 Å². The van der Waals surface area contributed by atoms with E-state index in [2.05, 4.69) is 0 Å². The van der Waals surface area contributed by atoms with E-state index in [1.54, 1.807) is 19.1 Å². The van der Waals surface area contributed by atoms with E-state index in [1.165, 1.54) is 6.07 Å². The number of ether oxygens (including phenoxy) is 1. The van der Waals surface area contributed by atoms with Crippen LogP contribution >= 0.6 is 11.6 Å². The van der Waals surface area contributed by atoms with E-state index in [-0.39, 0.29) is 5.69 Å². The SMILES string of the molecule is CC1(c2c(Cl)cccc2[N+](=O)[O-])CO1. The second kappa shape index (κ2) is 2.93. The molecule has 2 rings (SSSR count). The van der Waals surface area contributed by atoms with Crippen molar-refractivity contribution in [3.05, 3.63) is 38.9 Å². The summed E-state index contributed by atoms with van der Waals surface area (Å²) in [6, 6.07) is 4.64. The van der Waals surface area contributed by atoms with Gasteiger partial charge in [-0.2, -0.15) is 0 Å². The first kappa shape index (κ1) is 9.43. The van der Waals surface area contributed by atoms with Gasteiger partial charge in [0.05, 0.1) is 22.1 Å². The Morgan fingerprint density at radius 1 is 1.64 bits per heavy atom. The predicted octanol–water partition coefficient (Wildman–Crippen LogP) is 2.49. The van der Waals surface area contributed by atoms with E-state index in [4.69, 9.17) is 16.3 Å². The molecule has 1 unspecified atom stereocenters. The number of epoxide rings is 1. The van der Waals surface area contributed by atoms with Crippen molar-refractivity contribution >= 4 is 17.3 Å². The maximum Gasteiger partial charge on any atom is 0.277 e. The number of halogens is 1. The number of hydrogen-bond donors (Lipinski definition) is 0. The van der Waals surface area contributed by atoms with Crippen molar-refractivity contribution < 1.29 is 9.66 Å². The number of rotatable bonds is 2. The summed E-state index contributed by atoms with van der Waals surface area (Å²) < 4.78 is 5.16. The Morgan fingerprint density at radius 2 is 2.29 bits per heavy atom. The van der Waals surface area contributed by atoms with Crippen LogP contribution in [-0.4, -0.2) is 11.5 Å². The van der Waals surface area contributed by atoms with Crippen LogP contribution in [0.2, 0.25) is 5.02 Å². The first-order chi connectivity index (χ1) is 6.54. The highest BCUT2D eigenvalue weighted by Crippen LogP contribution is 2.45.